The summed E-state index contributed by atoms with van der Waals surface area (Å²) >= 11 is 0. The highest BCUT2D eigenvalue weighted by Crippen LogP contribution is 2.30. The van der Waals surface area contributed by atoms with E-state index in [0.29, 0.717) is 11.5 Å². The van der Waals surface area contributed by atoms with Crippen molar-refractivity contribution in [1.29, 1.82) is 0 Å². The van der Waals surface area contributed by atoms with Crippen molar-refractivity contribution in [2.24, 2.45) is 16.5 Å². The Morgan fingerprint density at radius 1 is 1.32 bits per heavy atom. The molecule has 4 heterocycles. The number of ether oxygens (including phenoxy) is 1. The molecular weight excluding hydrogens is 318 g/mol. The van der Waals surface area contributed by atoms with Crippen molar-refractivity contribution in [2.45, 2.75) is 12.6 Å². The van der Waals surface area contributed by atoms with Gasteiger partial charge in [-0.3, -0.25) is 15.7 Å². The van der Waals surface area contributed by atoms with Gasteiger partial charge in [-0.2, -0.15) is 5.10 Å². The largest absolute Gasteiger partial charge is 0.383 e. The summed E-state index contributed by atoms with van der Waals surface area (Å²) < 4.78 is 5.40. The Balaban J connectivity index is 1.59. The molecule has 0 aromatic carbocycles. The van der Waals surface area contributed by atoms with Crippen LogP contribution in [0.3, 0.4) is 0 Å². The van der Waals surface area contributed by atoms with E-state index in [1.165, 1.54) is 0 Å². The SMILES string of the molecule is Cc1cc(C2(N)C=C3NC(CN4CCOCC4)=CC=C3C(N)=N2)n[nH]1. The van der Waals surface area contributed by atoms with Crippen molar-refractivity contribution in [1.82, 2.24) is 20.4 Å². The topological polar surface area (TPSA) is 118 Å². The third-order valence-electron chi connectivity index (χ3n) is 4.60. The number of hydrogen-bond donors (Lipinski definition) is 4. The van der Waals surface area contributed by atoms with Gasteiger partial charge in [-0.15, -0.1) is 0 Å². The summed E-state index contributed by atoms with van der Waals surface area (Å²) in [5.74, 6) is 0.412. The fraction of sp³-hybridized carbons (Fsp3) is 0.412. The van der Waals surface area contributed by atoms with Crippen molar-refractivity contribution >= 4 is 5.84 Å². The zero-order valence-electron chi connectivity index (χ0n) is 14.2. The highest BCUT2D eigenvalue weighted by atomic mass is 16.5. The van der Waals surface area contributed by atoms with Crippen molar-refractivity contribution in [2.75, 3.05) is 32.8 Å². The number of nitrogens with one attached hydrogen (secondary N) is 2. The molecule has 3 aliphatic heterocycles. The minimum atomic E-state index is -1.07. The average Bonchev–Trinajstić information content (AvgIpc) is 3.03. The monoisotopic (exact) mass is 341 g/mol. The van der Waals surface area contributed by atoms with Gasteiger partial charge in [0, 0.05) is 42.3 Å². The number of hydrogen-bond acceptors (Lipinski definition) is 7. The molecule has 1 aromatic heterocycles. The quantitative estimate of drug-likeness (QED) is 0.606. The summed E-state index contributed by atoms with van der Waals surface area (Å²) in [6.07, 6.45) is 5.93. The van der Waals surface area contributed by atoms with Crippen LogP contribution in [0.25, 0.3) is 0 Å². The molecular formula is C17H23N7O. The third-order valence-corrected chi connectivity index (χ3v) is 4.60. The fourth-order valence-electron chi connectivity index (χ4n) is 3.25. The zero-order chi connectivity index (χ0) is 17.4. The number of aromatic nitrogens is 2. The summed E-state index contributed by atoms with van der Waals surface area (Å²) in [5.41, 5.74) is 16.0. The Morgan fingerprint density at radius 3 is 2.84 bits per heavy atom. The molecule has 4 rings (SSSR count). The number of aliphatic imine (C=N–C) groups is 1. The van der Waals surface area contributed by atoms with Gasteiger partial charge in [0.2, 0.25) is 0 Å². The maximum Gasteiger partial charge on any atom is 0.176 e. The molecule has 1 atom stereocenters. The predicted molar refractivity (Wildman–Crippen MR) is 95.5 cm³/mol. The van der Waals surface area contributed by atoms with E-state index < -0.39 is 5.66 Å². The van der Waals surface area contributed by atoms with E-state index in [1.807, 2.05) is 31.2 Å². The molecule has 3 aliphatic rings. The molecule has 1 unspecified atom stereocenters. The lowest BCUT2D eigenvalue weighted by atomic mass is 9.96. The van der Waals surface area contributed by atoms with E-state index >= 15 is 0 Å². The van der Waals surface area contributed by atoms with Gasteiger partial charge in [0.15, 0.2) is 5.66 Å². The molecule has 0 aliphatic carbocycles. The summed E-state index contributed by atoms with van der Waals surface area (Å²) in [6.45, 7) is 6.19. The van der Waals surface area contributed by atoms with Crippen LogP contribution >= 0.6 is 0 Å². The Hall–Kier alpha value is -2.42. The van der Waals surface area contributed by atoms with E-state index in [9.17, 15) is 0 Å². The number of amidine groups is 1. The molecule has 0 spiro atoms. The second-order valence-corrected chi connectivity index (χ2v) is 6.60. The highest BCUT2D eigenvalue weighted by Gasteiger charge is 2.34. The van der Waals surface area contributed by atoms with E-state index in [4.69, 9.17) is 16.2 Å². The molecule has 0 bridgehead atoms. The van der Waals surface area contributed by atoms with Crippen molar-refractivity contribution in [3.63, 3.8) is 0 Å². The molecule has 1 fully saturated rings. The highest BCUT2D eigenvalue weighted by molar-refractivity contribution is 6.03. The first kappa shape index (κ1) is 16.1. The Labute approximate surface area is 146 Å². The molecule has 0 saturated carbocycles. The number of rotatable bonds is 3. The number of morpholine rings is 1. The first-order valence-corrected chi connectivity index (χ1v) is 8.42. The van der Waals surface area contributed by atoms with Gasteiger partial charge >= 0.3 is 0 Å². The normalized spacial score (nSPS) is 26.8. The maximum atomic E-state index is 6.48. The minimum absolute atomic E-state index is 0.412. The third kappa shape index (κ3) is 3.11. The van der Waals surface area contributed by atoms with E-state index in [2.05, 4.69) is 25.4 Å². The van der Waals surface area contributed by atoms with Crippen LogP contribution in [0.4, 0.5) is 0 Å². The number of nitrogens with two attached hydrogens (primary N) is 2. The minimum Gasteiger partial charge on any atom is -0.383 e. The van der Waals surface area contributed by atoms with E-state index in [1.54, 1.807) is 0 Å². The van der Waals surface area contributed by atoms with Crippen LogP contribution < -0.4 is 16.8 Å². The number of allylic oxidation sites excluding steroid dienone is 2. The predicted octanol–water partition coefficient (Wildman–Crippen LogP) is -0.170. The zero-order valence-corrected chi connectivity index (χ0v) is 14.2. The number of aromatic amines is 1. The maximum absolute atomic E-state index is 6.48. The van der Waals surface area contributed by atoms with Crippen LogP contribution in [0.5, 0.6) is 0 Å². The Morgan fingerprint density at radius 2 is 2.12 bits per heavy atom. The van der Waals surface area contributed by atoms with Gasteiger partial charge in [-0.1, -0.05) is 0 Å². The molecule has 6 N–H and O–H groups in total. The Bertz CT molecular complexity index is 798. The molecule has 132 valence electrons. The van der Waals surface area contributed by atoms with Gasteiger partial charge in [-0.25, -0.2) is 4.99 Å². The number of nitrogens with zero attached hydrogens (tertiary/aromatic N) is 3. The lowest BCUT2D eigenvalue weighted by Crippen LogP contribution is -2.44. The van der Waals surface area contributed by atoms with Gasteiger partial charge in [0.25, 0.3) is 0 Å². The second kappa shape index (κ2) is 6.14. The molecule has 1 saturated heterocycles. The number of H-pyrrole nitrogens is 1. The van der Waals surface area contributed by atoms with Crippen LogP contribution in [0.1, 0.15) is 11.4 Å². The molecule has 8 nitrogen and oxygen atoms in total. The molecule has 0 radical (unpaired) electrons. The first-order valence-electron chi connectivity index (χ1n) is 8.42. The average molecular weight is 341 g/mol. The second-order valence-electron chi connectivity index (χ2n) is 6.60. The van der Waals surface area contributed by atoms with Gasteiger partial charge in [-0.05, 0) is 31.2 Å². The van der Waals surface area contributed by atoms with E-state index in [-0.39, 0.29) is 0 Å². The molecule has 0 amide bonds. The lowest BCUT2D eigenvalue weighted by Gasteiger charge is -2.32. The van der Waals surface area contributed by atoms with Crippen molar-refractivity contribution < 1.29 is 4.74 Å². The van der Waals surface area contributed by atoms with Gasteiger partial charge in [0.05, 0.1) is 13.2 Å². The van der Waals surface area contributed by atoms with Crippen molar-refractivity contribution in [3.05, 3.63) is 52.6 Å². The summed E-state index contributed by atoms with van der Waals surface area (Å²) in [7, 11) is 0. The number of fused-ring (bicyclic) bond motifs is 1. The number of aryl methyl sites for hydroxylation is 1. The molecule has 8 heteroatoms. The van der Waals surface area contributed by atoms with Crippen LogP contribution in [-0.4, -0.2) is 53.8 Å². The van der Waals surface area contributed by atoms with Gasteiger partial charge < -0.3 is 15.8 Å². The van der Waals surface area contributed by atoms with Crippen molar-refractivity contribution in [3.8, 4) is 0 Å². The standard InChI is InChI=1S/C17H23N7O/c1-11-8-15(23-22-11)17(19)9-14-13(16(18)21-17)3-2-12(20-14)10-24-4-6-25-7-5-24/h2-3,8-9,20H,4-7,10,19H2,1H3,(H2,18,21)(H,22,23). The van der Waals surface area contributed by atoms with Crippen LogP contribution in [-0.2, 0) is 10.4 Å². The molecule has 1 aromatic rings. The summed E-state index contributed by atoms with van der Waals surface area (Å²) in [5, 5.41) is 10.6. The summed E-state index contributed by atoms with van der Waals surface area (Å²) in [4.78, 5) is 6.83. The van der Waals surface area contributed by atoms with Crippen LogP contribution in [0.15, 0.2) is 46.3 Å². The lowest BCUT2D eigenvalue weighted by molar-refractivity contribution is 0.0417. The first-order chi connectivity index (χ1) is 12.0. The van der Waals surface area contributed by atoms with E-state index in [0.717, 1.165) is 55.5 Å². The summed E-state index contributed by atoms with van der Waals surface area (Å²) in [6, 6.07) is 1.88. The van der Waals surface area contributed by atoms with Crippen LogP contribution in [0, 0.1) is 6.92 Å². The smallest absolute Gasteiger partial charge is 0.176 e. The Kier molecular flexibility index (Phi) is 3.95. The molecule has 25 heavy (non-hydrogen) atoms. The van der Waals surface area contributed by atoms with Crippen LogP contribution in [0.2, 0.25) is 0 Å². The van der Waals surface area contributed by atoms with Gasteiger partial charge in [0.1, 0.15) is 11.5 Å². The number of dihydropyridines is 2. The fourth-order valence-corrected chi connectivity index (χ4v) is 3.25.